The molecule has 1 aromatic rings. The van der Waals surface area contributed by atoms with Crippen LogP contribution in [-0.4, -0.2) is 5.91 Å². The molecule has 3 rings (SSSR count). The normalized spacial score (nSPS) is 31.2. The second-order valence-corrected chi connectivity index (χ2v) is 7.33. The van der Waals surface area contributed by atoms with Crippen molar-refractivity contribution in [3.05, 3.63) is 48.0 Å². The first kappa shape index (κ1) is 14.4. The van der Waals surface area contributed by atoms with Crippen LogP contribution in [0.4, 0.5) is 0 Å². The summed E-state index contributed by atoms with van der Waals surface area (Å²) in [5.74, 6) is 0.791. The molecule has 2 heteroatoms. The Hall–Kier alpha value is -1.57. The SMILES string of the molecule is C=C1C(C)(C)[C@@H]2CC[C@]1(C(=O)N[C@@H](C)c1ccccc1)C2. The molecule has 0 radical (unpaired) electrons. The van der Waals surface area contributed by atoms with Crippen LogP contribution in [0, 0.1) is 16.7 Å². The molecule has 0 aliphatic heterocycles. The van der Waals surface area contributed by atoms with Crippen LogP contribution in [0.3, 0.4) is 0 Å². The highest BCUT2D eigenvalue weighted by Gasteiger charge is 2.60. The Kier molecular flexibility index (Phi) is 3.23. The van der Waals surface area contributed by atoms with Crippen LogP contribution >= 0.6 is 0 Å². The number of carbonyl (C=O) groups excluding carboxylic acids is 1. The van der Waals surface area contributed by atoms with Gasteiger partial charge in [-0.3, -0.25) is 4.79 Å². The highest BCUT2D eigenvalue weighted by Crippen LogP contribution is 2.65. The number of benzene rings is 1. The molecule has 2 saturated carbocycles. The summed E-state index contributed by atoms with van der Waals surface area (Å²) >= 11 is 0. The maximum atomic E-state index is 12.9. The molecule has 112 valence electrons. The van der Waals surface area contributed by atoms with Crippen LogP contribution in [0.25, 0.3) is 0 Å². The van der Waals surface area contributed by atoms with Crippen molar-refractivity contribution in [2.24, 2.45) is 16.7 Å². The van der Waals surface area contributed by atoms with Gasteiger partial charge in [0.15, 0.2) is 0 Å². The molecule has 0 heterocycles. The lowest BCUT2D eigenvalue weighted by Gasteiger charge is -2.37. The first-order valence-corrected chi connectivity index (χ1v) is 7.94. The lowest BCUT2D eigenvalue weighted by Crippen LogP contribution is -2.42. The summed E-state index contributed by atoms with van der Waals surface area (Å²) in [5, 5.41) is 3.22. The van der Waals surface area contributed by atoms with Gasteiger partial charge in [-0.05, 0) is 43.1 Å². The fourth-order valence-electron chi connectivity index (χ4n) is 4.30. The van der Waals surface area contributed by atoms with Gasteiger partial charge >= 0.3 is 0 Å². The summed E-state index contributed by atoms with van der Waals surface area (Å²) < 4.78 is 0. The molecule has 1 N–H and O–H groups in total. The lowest BCUT2D eigenvalue weighted by molar-refractivity contribution is -0.129. The van der Waals surface area contributed by atoms with Crippen molar-refractivity contribution < 1.29 is 4.79 Å². The molecule has 2 aliphatic rings. The third kappa shape index (κ3) is 2.04. The van der Waals surface area contributed by atoms with Gasteiger partial charge in [-0.25, -0.2) is 0 Å². The van der Waals surface area contributed by atoms with Crippen LogP contribution in [0.5, 0.6) is 0 Å². The number of hydrogen-bond acceptors (Lipinski definition) is 1. The fraction of sp³-hybridized carbons (Fsp3) is 0.526. The van der Waals surface area contributed by atoms with E-state index in [0.29, 0.717) is 5.92 Å². The average molecular weight is 283 g/mol. The number of carbonyl (C=O) groups is 1. The molecule has 2 aliphatic carbocycles. The van der Waals surface area contributed by atoms with Crippen LogP contribution in [-0.2, 0) is 4.79 Å². The van der Waals surface area contributed by atoms with Crippen molar-refractivity contribution >= 4 is 5.91 Å². The third-order valence-electron chi connectivity index (χ3n) is 5.97. The van der Waals surface area contributed by atoms with Crippen molar-refractivity contribution in [3.8, 4) is 0 Å². The molecule has 0 saturated heterocycles. The topological polar surface area (TPSA) is 29.1 Å². The quantitative estimate of drug-likeness (QED) is 0.826. The first-order valence-electron chi connectivity index (χ1n) is 7.94. The highest BCUT2D eigenvalue weighted by atomic mass is 16.2. The Morgan fingerprint density at radius 3 is 2.57 bits per heavy atom. The summed E-state index contributed by atoms with van der Waals surface area (Å²) in [4.78, 5) is 12.9. The van der Waals surface area contributed by atoms with Crippen LogP contribution in [0.1, 0.15) is 51.6 Å². The minimum atomic E-state index is -0.322. The van der Waals surface area contributed by atoms with E-state index in [1.807, 2.05) is 18.2 Å². The minimum absolute atomic E-state index is 0.0450. The molecular formula is C19H25NO. The van der Waals surface area contributed by atoms with E-state index in [9.17, 15) is 4.79 Å². The van der Waals surface area contributed by atoms with Crippen LogP contribution < -0.4 is 5.32 Å². The number of nitrogens with one attached hydrogen (secondary N) is 1. The zero-order valence-electron chi connectivity index (χ0n) is 13.3. The van der Waals surface area contributed by atoms with Gasteiger partial charge in [0, 0.05) is 0 Å². The van der Waals surface area contributed by atoms with Gasteiger partial charge in [0.25, 0.3) is 0 Å². The third-order valence-corrected chi connectivity index (χ3v) is 5.97. The Morgan fingerprint density at radius 1 is 1.33 bits per heavy atom. The average Bonchev–Trinajstić information content (AvgIpc) is 3.00. The van der Waals surface area contributed by atoms with Crippen molar-refractivity contribution in [3.63, 3.8) is 0 Å². The van der Waals surface area contributed by atoms with Crippen molar-refractivity contribution in [1.29, 1.82) is 0 Å². The molecule has 2 nitrogen and oxygen atoms in total. The van der Waals surface area contributed by atoms with E-state index in [1.54, 1.807) is 0 Å². The molecule has 21 heavy (non-hydrogen) atoms. The zero-order valence-corrected chi connectivity index (χ0v) is 13.3. The van der Waals surface area contributed by atoms with E-state index in [0.717, 1.165) is 30.4 Å². The number of rotatable bonds is 3. The van der Waals surface area contributed by atoms with Crippen LogP contribution in [0.2, 0.25) is 0 Å². The Balaban J connectivity index is 1.79. The number of fused-ring (bicyclic) bond motifs is 2. The molecule has 3 atom stereocenters. The molecular weight excluding hydrogens is 258 g/mol. The van der Waals surface area contributed by atoms with E-state index in [-0.39, 0.29) is 22.8 Å². The molecule has 0 spiro atoms. The molecule has 0 unspecified atom stereocenters. The fourth-order valence-corrected chi connectivity index (χ4v) is 4.30. The summed E-state index contributed by atoms with van der Waals surface area (Å²) in [6.45, 7) is 10.8. The standard InChI is InChI=1S/C19H25NO/c1-13(15-8-6-5-7-9-15)20-17(21)19-11-10-16(12-19)18(3,4)14(19)2/h5-9,13,16H,2,10-12H2,1,3-4H3,(H,20,21)/t13-,16+,19-/m0/s1. The summed E-state index contributed by atoms with van der Waals surface area (Å²) in [7, 11) is 0. The van der Waals surface area contributed by atoms with E-state index in [1.165, 1.54) is 0 Å². The summed E-state index contributed by atoms with van der Waals surface area (Å²) in [5.41, 5.74) is 2.08. The summed E-state index contributed by atoms with van der Waals surface area (Å²) in [6.07, 6.45) is 3.10. The highest BCUT2D eigenvalue weighted by molar-refractivity contribution is 5.87. The Labute approximate surface area is 127 Å². The maximum absolute atomic E-state index is 12.9. The predicted octanol–water partition coefficient (Wildman–Crippen LogP) is 4.25. The minimum Gasteiger partial charge on any atom is -0.349 e. The summed E-state index contributed by atoms with van der Waals surface area (Å²) in [6, 6.07) is 10.2. The molecule has 1 amide bonds. The second kappa shape index (κ2) is 4.72. The van der Waals surface area contributed by atoms with Gasteiger partial charge in [-0.1, -0.05) is 56.3 Å². The van der Waals surface area contributed by atoms with Gasteiger partial charge in [0.1, 0.15) is 0 Å². The molecule has 2 bridgehead atoms. The van der Waals surface area contributed by atoms with Crippen molar-refractivity contribution in [2.45, 2.75) is 46.1 Å². The first-order chi connectivity index (χ1) is 9.88. The number of amides is 1. The second-order valence-electron chi connectivity index (χ2n) is 7.33. The largest absolute Gasteiger partial charge is 0.349 e. The zero-order chi connectivity index (χ0) is 15.3. The van der Waals surface area contributed by atoms with E-state index in [2.05, 4.69) is 44.8 Å². The van der Waals surface area contributed by atoms with Gasteiger partial charge < -0.3 is 5.32 Å². The van der Waals surface area contributed by atoms with Crippen LogP contribution in [0.15, 0.2) is 42.5 Å². The molecule has 2 fully saturated rings. The van der Waals surface area contributed by atoms with E-state index >= 15 is 0 Å². The smallest absolute Gasteiger partial charge is 0.230 e. The number of hydrogen-bond donors (Lipinski definition) is 1. The molecule has 0 aromatic heterocycles. The maximum Gasteiger partial charge on any atom is 0.230 e. The lowest BCUT2D eigenvalue weighted by atomic mass is 9.68. The van der Waals surface area contributed by atoms with E-state index in [4.69, 9.17) is 0 Å². The molecule has 1 aromatic carbocycles. The monoisotopic (exact) mass is 283 g/mol. The Morgan fingerprint density at radius 2 is 2.00 bits per heavy atom. The van der Waals surface area contributed by atoms with Gasteiger partial charge in [-0.2, -0.15) is 0 Å². The van der Waals surface area contributed by atoms with Gasteiger partial charge in [0.2, 0.25) is 5.91 Å². The van der Waals surface area contributed by atoms with Gasteiger partial charge in [-0.15, -0.1) is 0 Å². The van der Waals surface area contributed by atoms with E-state index < -0.39 is 0 Å². The Bertz CT molecular complexity index is 574. The van der Waals surface area contributed by atoms with Crippen molar-refractivity contribution in [2.75, 3.05) is 0 Å². The predicted molar refractivity (Wildman–Crippen MR) is 85.7 cm³/mol. The van der Waals surface area contributed by atoms with Gasteiger partial charge in [0.05, 0.1) is 11.5 Å². The van der Waals surface area contributed by atoms with Crippen molar-refractivity contribution in [1.82, 2.24) is 5.32 Å².